The number of hydrogen-bond donors (Lipinski definition) is 2. The average molecular weight is 513 g/mol. The molecule has 4 rings (SSSR count). The van der Waals surface area contributed by atoms with Crippen LogP contribution in [0.3, 0.4) is 0 Å². The Balaban J connectivity index is 1.55. The van der Waals surface area contributed by atoms with Gasteiger partial charge in [-0.05, 0) is 56.2 Å². The number of fused-ring (bicyclic) bond motifs is 1. The number of halogens is 2. The van der Waals surface area contributed by atoms with Crippen molar-refractivity contribution < 1.29 is 14.6 Å². The van der Waals surface area contributed by atoms with Crippen LogP contribution in [0.15, 0.2) is 42.7 Å². The largest absolute Gasteiger partial charge is 0.493 e. The van der Waals surface area contributed by atoms with Crippen LogP contribution in [0.25, 0.3) is 22.2 Å². The monoisotopic (exact) mass is 512 g/mol. The van der Waals surface area contributed by atoms with Gasteiger partial charge in [-0.1, -0.05) is 30.1 Å². The number of ether oxygens (including phenoxy) is 1. The average Bonchev–Trinajstić information content (AvgIpc) is 3.12. The first-order valence-corrected chi connectivity index (χ1v) is 12.1. The molecule has 0 amide bonds. The molecule has 4 aromatic rings. The SMILES string of the molecule is CCCOc1cc(-c2cc(NCCn3c(C)cc4c(C)cc(Cl)cc43)ncn2)cc(Cl)c1C(=O)O. The summed E-state index contributed by atoms with van der Waals surface area (Å²) in [5.74, 6) is -0.270. The van der Waals surface area contributed by atoms with Gasteiger partial charge in [0.25, 0.3) is 0 Å². The van der Waals surface area contributed by atoms with Gasteiger partial charge in [-0.25, -0.2) is 14.8 Å². The van der Waals surface area contributed by atoms with Crippen LogP contribution < -0.4 is 10.1 Å². The Morgan fingerprint density at radius 3 is 2.66 bits per heavy atom. The second-order valence-corrected chi connectivity index (χ2v) is 9.14. The number of aromatic nitrogens is 3. The van der Waals surface area contributed by atoms with E-state index in [1.165, 1.54) is 11.7 Å². The van der Waals surface area contributed by atoms with Gasteiger partial charge in [-0.2, -0.15) is 0 Å². The lowest BCUT2D eigenvalue weighted by Gasteiger charge is -2.13. The molecule has 35 heavy (non-hydrogen) atoms. The Morgan fingerprint density at radius 1 is 1.11 bits per heavy atom. The van der Waals surface area contributed by atoms with Crippen LogP contribution in [-0.2, 0) is 6.54 Å². The first kappa shape index (κ1) is 24.8. The molecule has 0 unspecified atom stereocenters. The molecule has 0 aliphatic heterocycles. The van der Waals surface area contributed by atoms with E-state index in [1.807, 2.05) is 19.1 Å². The summed E-state index contributed by atoms with van der Waals surface area (Å²) in [6.45, 7) is 7.83. The Labute approximate surface area is 213 Å². The molecule has 9 heteroatoms. The molecule has 0 spiro atoms. The van der Waals surface area contributed by atoms with Crippen LogP contribution in [0, 0.1) is 13.8 Å². The second-order valence-electron chi connectivity index (χ2n) is 8.29. The lowest BCUT2D eigenvalue weighted by Crippen LogP contribution is -2.12. The number of carboxylic acid groups (broad SMARTS) is 1. The van der Waals surface area contributed by atoms with Crippen molar-refractivity contribution in [2.45, 2.75) is 33.7 Å². The van der Waals surface area contributed by atoms with Crippen molar-refractivity contribution in [2.75, 3.05) is 18.5 Å². The van der Waals surface area contributed by atoms with Crippen molar-refractivity contribution >= 4 is 45.9 Å². The molecule has 0 saturated heterocycles. The molecule has 7 nitrogen and oxygen atoms in total. The zero-order valence-electron chi connectivity index (χ0n) is 19.7. The summed E-state index contributed by atoms with van der Waals surface area (Å²) < 4.78 is 7.88. The fourth-order valence-corrected chi connectivity index (χ4v) is 4.65. The van der Waals surface area contributed by atoms with Crippen molar-refractivity contribution in [2.24, 2.45) is 0 Å². The fraction of sp³-hybridized carbons (Fsp3) is 0.269. The summed E-state index contributed by atoms with van der Waals surface area (Å²) in [5, 5.41) is 14.9. The minimum atomic E-state index is -1.14. The lowest BCUT2D eigenvalue weighted by atomic mass is 10.1. The van der Waals surface area contributed by atoms with E-state index < -0.39 is 5.97 Å². The summed E-state index contributed by atoms with van der Waals surface area (Å²) in [4.78, 5) is 20.3. The van der Waals surface area contributed by atoms with E-state index in [4.69, 9.17) is 27.9 Å². The quantitative estimate of drug-likeness (QED) is 0.262. The minimum Gasteiger partial charge on any atom is -0.493 e. The molecule has 0 aliphatic rings. The molecule has 0 radical (unpaired) electrons. The zero-order chi connectivity index (χ0) is 25.1. The van der Waals surface area contributed by atoms with E-state index >= 15 is 0 Å². The number of carbonyl (C=O) groups is 1. The van der Waals surface area contributed by atoms with E-state index in [-0.39, 0.29) is 16.3 Å². The number of benzene rings is 2. The molecule has 2 heterocycles. The van der Waals surface area contributed by atoms with Crippen LogP contribution in [0.1, 0.15) is 35.0 Å². The highest BCUT2D eigenvalue weighted by Gasteiger charge is 2.19. The summed E-state index contributed by atoms with van der Waals surface area (Å²) in [6.07, 6.45) is 2.20. The Hall–Kier alpha value is -3.29. The van der Waals surface area contributed by atoms with Gasteiger partial charge in [0, 0.05) is 40.8 Å². The number of hydrogen-bond acceptors (Lipinski definition) is 5. The van der Waals surface area contributed by atoms with E-state index in [0.717, 1.165) is 34.8 Å². The van der Waals surface area contributed by atoms with E-state index in [2.05, 4.69) is 39.8 Å². The molecule has 0 aliphatic carbocycles. The maximum absolute atomic E-state index is 11.7. The Morgan fingerprint density at radius 2 is 1.91 bits per heavy atom. The van der Waals surface area contributed by atoms with Crippen LogP contribution >= 0.6 is 23.2 Å². The number of nitrogens with one attached hydrogen (secondary N) is 1. The maximum atomic E-state index is 11.7. The van der Waals surface area contributed by atoms with Crippen molar-refractivity contribution in [3.05, 3.63) is 69.6 Å². The number of aryl methyl sites for hydroxylation is 2. The molecule has 0 atom stereocenters. The van der Waals surface area contributed by atoms with Gasteiger partial charge in [-0.3, -0.25) is 0 Å². The number of carboxylic acids is 1. The highest BCUT2D eigenvalue weighted by atomic mass is 35.5. The lowest BCUT2D eigenvalue weighted by molar-refractivity contribution is 0.0692. The topological polar surface area (TPSA) is 89.3 Å². The first-order valence-electron chi connectivity index (χ1n) is 11.3. The van der Waals surface area contributed by atoms with Crippen LogP contribution in [0.5, 0.6) is 5.75 Å². The van der Waals surface area contributed by atoms with Gasteiger partial charge in [-0.15, -0.1) is 0 Å². The van der Waals surface area contributed by atoms with E-state index in [0.29, 0.717) is 30.2 Å². The van der Waals surface area contributed by atoms with Crippen molar-refractivity contribution in [1.29, 1.82) is 0 Å². The van der Waals surface area contributed by atoms with Crippen molar-refractivity contribution in [3.8, 4) is 17.0 Å². The summed E-state index contributed by atoms with van der Waals surface area (Å²) in [5.41, 5.74) is 4.61. The zero-order valence-corrected chi connectivity index (χ0v) is 21.2. The summed E-state index contributed by atoms with van der Waals surface area (Å²) >= 11 is 12.6. The number of aromatic carboxylic acids is 1. The van der Waals surface area contributed by atoms with Crippen LogP contribution in [0.4, 0.5) is 5.82 Å². The van der Waals surface area contributed by atoms with Crippen molar-refractivity contribution in [1.82, 2.24) is 14.5 Å². The summed E-state index contributed by atoms with van der Waals surface area (Å²) in [7, 11) is 0. The fourth-order valence-electron chi connectivity index (χ4n) is 4.09. The van der Waals surface area contributed by atoms with Gasteiger partial charge < -0.3 is 19.7 Å². The van der Waals surface area contributed by atoms with E-state index in [1.54, 1.807) is 18.2 Å². The Kier molecular flexibility index (Phi) is 7.48. The van der Waals surface area contributed by atoms with Gasteiger partial charge in [0.1, 0.15) is 23.5 Å². The third kappa shape index (κ3) is 5.36. The van der Waals surface area contributed by atoms with Gasteiger partial charge >= 0.3 is 5.97 Å². The Bertz CT molecular complexity index is 1400. The van der Waals surface area contributed by atoms with Crippen LogP contribution in [-0.4, -0.2) is 38.8 Å². The molecular formula is C26H26Cl2N4O3. The summed E-state index contributed by atoms with van der Waals surface area (Å²) in [6, 6.07) is 11.2. The first-order chi connectivity index (χ1) is 16.8. The van der Waals surface area contributed by atoms with E-state index in [9.17, 15) is 9.90 Å². The molecule has 2 aromatic heterocycles. The molecule has 0 bridgehead atoms. The molecule has 0 saturated carbocycles. The maximum Gasteiger partial charge on any atom is 0.341 e. The van der Waals surface area contributed by atoms with Crippen molar-refractivity contribution in [3.63, 3.8) is 0 Å². The molecule has 2 N–H and O–H groups in total. The number of anilines is 1. The minimum absolute atomic E-state index is 0.0547. The molecule has 182 valence electrons. The molecular weight excluding hydrogens is 487 g/mol. The molecule has 2 aromatic carbocycles. The molecule has 0 fully saturated rings. The highest BCUT2D eigenvalue weighted by Crippen LogP contribution is 2.33. The van der Waals surface area contributed by atoms with Gasteiger partial charge in [0.05, 0.1) is 22.8 Å². The number of rotatable bonds is 9. The smallest absolute Gasteiger partial charge is 0.341 e. The predicted molar refractivity (Wildman–Crippen MR) is 140 cm³/mol. The normalized spacial score (nSPS) is 11.1. The second kappa shape index (κ2) is 10.5. The van der Waals surface area contributed by atoms with Gasteiger partial charge in [0.15, 0.2) is 0 Å². The van der Waals surface area contributed by atoms with Gasteiger partial charge in [0.2, 0.25) is 0 Å². The van der Waals surface area contributed by atoms with Crippen LogP contribution in [0.2, 0.25) is 10.0 Å². The number of nitrogens with zero attached hydrogens (tertiary/aromatic N) is 3. The third-order valence-electron chi connectivity index (χ3n) is 5.73. The third-order valence-corrected chi connectivity index (χ3v) is 6.25. The standard InChI is InChI=1S/C26H26Cl2N4O3/c1-4-7-35-23-11-17(10-20(28)25(23)26(33)34)21-13-24(31-14-30-21)29-5-6-32-16(3)9-19-15(2)8-18(27)12-22(19)32/h8-14H,4-7H2,1-3H3,(H,33,34)(H,29,30,31). The highest BCUT2D eigenvalue weighted by molar-refractivity contribution is 6.34. The predicted octanol–water partition coefficient (Wildman–Crippen LogP) is 6.62.